The van der Waals surface area contributed by atoms with Crippen LogP contribution in [-0.2, 0) is 36.6 Å². The summed E-state index contributed by atoms with van der Waals surface area (Å²) in [5.41, 5.74) is 12.3. The number of rotatable bonds is 22. The highest BCUT2D eigenvalue weighted by Gasteiger charge is 2.73. The first-order chi connectivity index (χ1) is 49.1. The van der Waals surface area contributed by atoms with Crippen LogP contribution < -0.4 is 21.7 Å². The first-order valence-electron chi connectivity index (χ1n) is 42.1. The highest BCUT2D eigenvalue weighted by Crippen LogP contribution is 2.80. The van der Waals surface area contributed by atoms with Crippen molar-refractivity contribution in [2.45, 2.75) is 275 Å². The Labute approximate surface area is 631 Å². The van der Waals surface area contributed by atoms with Gasteiger partial charge in [-0.2, -0.15) is 0 Å². The molecule has 12 aliphatic rings. The second-order valence-corrected chi connectivity index (χ2v) is 38.9. The van der Waals surface area contributed by atoms with Gasteiger partial charge in [-0.15, -0.1) is 0 Å². The molecule has 2 aliphatic heterocycles. The van der Waals surface area contributed by atoms with E-state index in [1.54, 1.807) is 24.3 Å². The lowest BCUT2D eigenvalue weighted by Crippen LogP contribution is -2.67. The number of phenolic OH excluding ortho intramolecular Hbond substituents is 2. The average molecular weight is 1440 g/mol. The van der Waals surface area contributed by atoms with Gasteiger partial charge in [-0.1, -0.05) is 125 Å². The summed E-state index contributed by atoms with van der Waals surface area (Å²) < 4.78 is 25.8. The zero-order valence-corrected chi connectivity index (χ0v) is 66.2. The van der Waals surface area contributed by atoms with Crippen LogP contribution >= 0.6 is 0 Å². The Bertz CT molecular complexity index is 3160. The fourth-order valence-electron chi connectivity index (χ4n) is 28.0. The van der Waals surface area contributed by atoms with Gasteiger partial charge < -0.3 is 61.1 Å². The number of nitrogens with one attached hydrogen (secondary N) is 3. The zero-order valence-electron chi connectivity index (χ0n) is 66.2. The third kappa shape index (κ3) is 15.1. The molecule has 0 bridgehead atoms. The quantitative estimate of drug-likeness (QED) is 0.0410. The number of aliphatic hydroxyl groups is 2. The predicted octanol–water partition coefficient (Wildman–Crippen LogP) is 17.5. The van der Waals surface area contributed by atoms with E-state index in [0.717, 1.165) is 110 Å². The van der Waals surface area contributed by atoms with Crippen LogP contribution in [0.1, 0.15) is 255 Å². The molecule has 12 fully saturated rings. The molecule has 13 heteroatoms. The summed E-state index contributed by atoms with van der Waals surface area (Å²) in [6, 6.07) is 15.7. The number of nitrogens with two attached hydrogens (primary N) is 1. The van der Waals surface area contributed by atoms with Crippen molar-refractivity contribution in [3.8, 4) is 11.5 Å². The number of aliphatic hydroxyl groups excluding tert-OH is 2. The summed E-state index contributed by atoms with van der Waals surface area (Å²) in [5.74, 6) is 7.44. The molecule has 14 rings (SSSR count). The van der Waals surface area contributed by atoms with Crippen LogP contribution in [0.3, 0.4) is 0 Å². The van der Waals surface area contributed by atoms with Gasteiger partial charge in [-0.3, -0.25) is 4.79 Å². The third-order valence-electron chi connectivity index (χ3n) is 33.8. The number of fused-ring (bicyclic) bond motifs is 14. The van der Waals surface area contributed by atoms with Crippen LogP contribution in [0.25, 0.3) is 0 Å². The van der Waals surface area contributed by atoms with E-state index in [-0.39, 0.29) is 71.1 Å². The molecule has 10 saturated carbocycles. The maximum absolute atomic E-state index is 13.2. The molecule has 10 aliphatic carbocycles. The topological polar surface area (TPSA) is 197 Å². The Morgan fingerprint density at radius 2 is 0.962 bits per heavy atom. The molecule has 2 heterocycles. The van der Waals surface area contributed by atoms with Gasteiger partial charge in [0, 0.05) is 57.3 Å². The van der Waals surface area contributed by atoms with Crippen LogP contribution in [0.4, 0.5) is 0 Å². The number of hydrogen-bond donors (Lipinski definition) is 8. The highest BCUT2D eigenvalue weighted by molar-refractivity contribution is 5.85. The van der Waals surface area contributed by atoms with Gasteiger partial charge in [-0.25, -0.2) is 0 Å². The maximum atomic E-state index is 13.2. The predicted molar refractivity (Wildman–Crippen MR) is 422 cm³/mol. The molecule has 0 aromatic heterocycles. The number of phenols is 2. The van der Waals surface area contributed by atoms with Gasteiger partial charge in [0.25, 0.3) is 0 Å². The summed E-state index contributed by atoms with van der Waals surface area (Å²) in [4.78, 5) is 13.2. The van der Waals surface area contributed by atoms with Crippen LogP contribution in [0, 0.1) is 113 Å². The smallest absolute Gasteiger partial charge is 0.157 e. The largest absolute Gasteiger partial charge is 0.508 e. The van der Waals surface area contributed by atoms with E-state index in [1.807, 2.05) is 24.3 Å². The summed E-state index contributed by atoms with van der Waals surface area (Å²) in [7, 11) is 0. The number of benzene rings is 2. The van der Waals surface area contributed by atoms with E-state index >= 15 is 0 Å². The zero-order chi connectivity index (χ0) is 73.4. The molecule has 0 amide bonds. The molecule has 2 aromatic carbocycles. The number of ketones is 1. The van der Waals surface area contributed by atoms with Crippen molar-refractivity contribution in [3.05, 3.63) is 84.0 Å². The maximum Gasteiger partial charge on any atom is 0.157 e. The van der Waals surface area contributed by atoms with E-state index in [9.17, 15) is 20.1 Å². The SMILES string of the molecule is C.C=C(CNCCc1ccc(O)cc1)[C@@H]1CC[C@]2(COC3CCCCO3)CC[C@]3(C)[C@H](CC[C@@H]4[C@@]5(C)CCC(=O)C(C)(C)[C@@H]5CC[C@]43C)[C@@H]12.C=C(CNCCc1ccc(O)cc1)[C@@H]1CC[C@]2(COC3CCCCO3)CC[C@]3(C)[C@H](CC[C@@H]4[C@@]5(C)CCC(NCCO)C(C)(C)[C@@H]5CC[C@]43C)[C@@H]12.NCCO. The molecule has 13 nitrogen and oxygen atoms in total. The molecular formula is C91H148N4O9. The Kier molecular flexibility index (Phi) is 25.9. The Balaban J connectivity index is 0.000000197. The van der Waals surface area contributed by atoms with Crippen molar-refractivity contribution in [2.75, 3.05) is 78.9 Å². The molecule has 104 heavy (non-hydrogen) atoms. The third-order valence-corrected chi connectivity index (χ3v) is 33.8. The molecule has 21 atom stereocenters. The molecule has 2 aromatic rings. The molecule has 586 valence electrons. The van der Waals surface area contributed by atoms with Crippen LogP contribution in [0.15, 0.2) is 72.8 Å². The Hall–Kier alpha value is -3.21. The van der Waals surface area contributed by atoms with Crippen molar-refractivity contribution < 1.29 is 44.2 Å². The normalized spacial score (nSPS) is 41.5. The number of aromatic hydroxyl groups is 2. The lowest BCUT2D eigenvalue weighted by molar-refractivity contribution is -0.250. The monoisotopic (exact) mass is 1440 g/mol. The van der Waals surface area contributed by atoms with Gasteiger partial charge >= 0.3 is 0 Å². The summed E-state index contributed by atoms with van der Waals surface area (Å²) in [5, 5.41) is 48.0. The van der Waals surface area contributed by atoms with Gasteiger partial charge in [0.2, 0.25) is 0 Å². The Morgan fingerprint density at radius 3 is 1.39 bits per heavy atom. The van der Waals surface area contributed by atoms with Crippen molar-refractivity contribution in [3.63, 3.8) is 0 Å². The Morgan fingerprint density at radius 1 is 0.510 bits per heavy atom. The minimum atomic E-state index is -0.199. The molecule has 9 N–H and O–H groups in total. The minimum Gasteiger partial charge on any atom is -0.508 e. The molecule has 3 unspecified atom stereocenters. The van der Waals surface area contributed by atoms with E-state index in [1.165, 1.54) is 151 Å². The van der Waals surface area contributed by atoms with Gasteiger partial charge in [0.15, 0.2) is 12.6 Å². The standard InChI is InChI=1S/C45H72N2O4.C43H65NO4.C2H7NO.CH4/c1-31(29-46-25-19-32-10-12-33(49)13-11-32)34-16-22-45(30-51-39-9-7-8-28-50-39)24-23-43(5)35(40(34)45)14-15-37-42(4)20-18-38(47-26-27-48)41(2,3)36(42)17-21-44(37,43)6;1-29(27-44-25-19-30-10-12-31(45)13-11-30)32-16-22-43(28-48-37-9-7-8-26-47-37)24-23-41(5)33(38(32)43)14-15-35-40(4)20-18-36(46)39(2,3)34(40)17-21-42(35,41)6;3-1-2-4;/h10-13,34-40,46-49H,1,7-9,14-30H2,2-6H3;10-13,32-35,37-38,44-45H,1,7-9,14-28H2,2-6H3;4H,1-3H2;1H4/t34-,35+,36-,37+,38?,39?,40+,42-,43+,44+,45+;32-,33+,34-,35+,37?,38+,40-,41+,42+,43+;;/m00../s1. The summed E-state index contributed by atoms with van der Waals surface area (Å²) in [6.07, 6.45) is 33.6. The van der Waals surface area contributed by atoms with Crippen LogP contribution in [0.2, 0.25) is 0 Å². The van der Waals surface area contributed by atoms with E-state index in [4.69, 9.17) is 42.9 Å². The number of carbonyl (C=O) groups excluding carboxylic acids is 1. The van der Waals surface area contributed by atoms with Gasteiger partial charge in [-0.05, 0) is 330 Å². The van der Waals surface area contributed by atoms with Crippen molar-refractivity contribution >= 4 is 5.78 Å². The van der Waals surface area contributed by atoms with E-state index in [2.05, 4.69) is 85.2 Å². The molecule has 0 spiro atoms. The van der Waals surface area contributed by atoms with Crippen molar-refractivity contribution in [1.29, 1.82) is 0 Å². The van der Waals surface area contributed by atoms with Gasteiger partial charge in [0.05, 0.1) is 26.4 Å². The number of hydrogen-bond acceptors (Lipinski definition) is 13. The molecular weight excluding hydrogens is 1290 g/mol. The lowest BCUT2D eigenvalue weighted by atomic mass is 9.32. The lowest BCUT2D eigenvalue weighted by Gasteiger charge is -2.73. The number of ether oxygens (including phenoxy) is 4. The highest BCUT2D eigenvalue weighted by atomic mass is 16.7. The summed E-state index contributed by atoms with van der Waals surface area (Å²) in [6.45, 7) is 43.9. The van der Waals surface area contributed by atoms with E-state index < -0.39 is 0 Å². The fourth-order valence-corrected chi connectivity index (χ4v) is 28.0. The van der Waals surface area contributed by atoms with Crippen molar-refractivity contribution in [1.82, 2.24) is 16.0 Å². The second kappa shape index (κ2) is 33.0. The van der Waals surface area contributed by atoms with Crippen LogP contribution in [0.5, 0.6) is 11.5 Å². The molecule has 0 radical (unpaired) electrons. The van der Waals surface area contributed by atoms with E-state index in [0.29, 0.717) is 106 Å². The van der Waals surface area contributed by atoms with Crippen LogP contribution in [-0.4, -0.2) is 124 Å². The number of carbonyl (C=O) groups is 1. The first kappa shape index (κ1) is 81.8. The first-order valence-corrected chi connectivity index (χ1v) is 42.1. The van der Waals surface area contributed by atoms with Crippen molar-refractivity contribution in [2.24, 2.45) is 119 Å². The fraction of sp³-hybridized carbons (Fsp3) is 0.813. The number of Topliss-reactive ketones (excluding diaryl/α,β-unsaturated/α-hetero) is 1. The summed E-state index contributed by atoms with van der Waals surface area (Å²) >= 11 is 0. The van der Waals surface area contributed by atoms with Gasteiger partial charge in [0.1, 0.15) is 17.3 Å². The second-order valence-electron chi connectivity index (χ2n) is 38.9. The minimum absolute atomic E-state index is 0. The average Bonchev–Trinajstić information content (AvgIpc) is 1.01. The molecule has 2 saturated heterocycles.